The van der Waals surface area contributed by atoms with Gasteiger partial charge in [0, 0.05) is 12.1 Å². The van der Waals surface area contributed by atoms with Crippen LogP contribution in [-0.2, 0) is 10.0 Å². The summed E-state index contributed by atoms with van der Waals surface area (Å²) in [4.78, 5) is 0. The molecule has 0 saturated carbocycles. The molecule has 0 rings (SSSR count). The lowest BCUT2D eigenvalue weighted by Crippen LogP contribution is -2.53. The number of hydrogen-bond donors (Lipinski definition) is 2. The van der Waals surface area contributed by atoms with Crippen LogP contribution in [0.4, 0.5) is 8.78 Å². The number of nitrogens with two attached hydrogens (primary N) is 1. The first kappa shape index (κ1) is 14.7. The Morgan fingerprint density at radius 1 is 1.40 bits per heavy atom. The monoisotopic (exact) mass is 244 g/mol. The molecule has 0 aromatic heterocycles. The van der Waals surface area contributed by atoms with E-state index in [0.717, 1.165) is 0 Å². The van der Waals surface area contributed by atoms with Crippen LogP contribution in [0.15, 0.2) is 0 Å². The molecule has 0 aromatic carbocycles. The second kappa shape index (κ2) is 5.18. The smallest absolute Gasteiger partial charge is 0.329 e. The summed E-state index contributed by atoms with van der Waals surface area (Å²) in [6.45, 7) is 5.24. The average molecular weight is 244 g/mol. The van der Waals surface area contributed by atoms with Gasteiger partial charge in [-0.25, -0.2) is 13.1 Å². The molecular weight excluding hydrogens is 226 g/mol. The fourth-order valence-electron chi connectivity index (χ4n) is 1.46. The highest BCUT2D eigenvalue weighted by atomic mass is 32.2. The van der Waals surface area contributed by atoms with Crippen molar-refractivity contribution in [3.63, 3.8) is 0 Å². The van der Waals surface area contributed by atoms with E-state index in [1.165, 1.54) is 6.92 Å². The van der Waals surface area contributed by atoms with Crippen molar-refractivity contribution in [1.82, 2.24) is 4.72 Å². The predicted molar refractivity (Wildman–Crippen MR) is 55.0 cm³/mol. The Morgan fingerprint density at radius 3 is 2.13 bits per heavy atom. The van der Waals surface area contributed by atoms with Gasteiger partial charge in [-0.3, -0.25) is 0 Å². The third kappa shape index (κ3) is 4.85. The number of nitrogens with one attached hydrogen (secondary N) is 1. The zero-order valence-corrected chi connectivity index (χ0v) is 9.94. The van der Waals surface area contributed by atoms with Crippen molar-refractivity contribution in [3.8, 4) is 0 Å². The summed E-state index contributed by atoms with van der Waals surface area (Å²) in [5.41, 5.74) is 4.38. The summed E-state index contributed by atoms with van der Waals surface area (Å²) in [5.74, 6) is -3.26. The molecule has 3 N–H and O–H groups in total. The van der Waals surface area contributed by atoms with Crippen LogP contribution in [0, 0.1) is 5.92 Å². The summed E-state index contributed by atoms with van der Waals surface area (Å²) < 4.78 is 48.1. The van der Waals surface area contributed by atoms with E-state index in [1.54, 1.807) is 0 Å². The maximum absolute atomic E-state index is 12.1. The summed E-state index contributed by atoms with van der Waals surface area (Å²) in [6, 6.07) is 0. The van der Waals surface area contributed by atoms with E-state index in [0.29, 0.717) is 6.42 Å². The fourth-order valence-corrected chi connectivity index (χ4v) is 2.40. The maximum atomic E-state index is 12.1. The standard InChI is InChI=1S/C8H18F2N2O2S/c1-6(2)4-8(3,5-11)12-15(13,14)7(9)10/h6-7,12H,4-5,11H2,1-3H3. The Bertz CT molecular complexity index is 293. The van der Waals surface area contributed by atoms with E-state index in [-0.39, 0.29) is 12.5 Å². The largest absolute Gasteiger partial charge is 0.350 e. The van der Waals surface area contributed by atoms with Gasteiger partial charge in [0.05, 0.1) is 0 Å². The van der Waals surface area contributed by atoms with E-state index in [4.69, 9.17) is 5.73 Å². The van der Waals surface area contributed by atoms with Gasteiger partial charge >= 0.3 is 5.76 Å². The second-order valence-electron chi connectivity index (χ2n) is 4.27. The minimum atomic E-state index is -4.58. The molecule has 0 bridgehead atoms. The maximum Gasteiger partial charge on any atom is 0.350 e. The van der Waals surface area contributed by atoms with Crippen molar-refractivity contribution in [2.75, 3.05) is 6.54 Å². The number of rotatable bonds is 6. The van der Waals surface area contributed by atoms with Crippen LogP contribution in [0.1, 0.15) is 27.2 Å². The summed E-state index contributed by atoms with van der Waals surface area (Å²) in [6.07, 6.45) is 0.412. The minimum absolute atomic E-state index is 0.0167. The van der Waals surface area contributed by atoms with E-state index in [1.807, 2.05) is 18.6 Å². The Morgan fingerprint density at radius 2 is 1.87 bits per heavy atom. The first-order valence-corrected chi connectivity index (χ1v) is 6.18. The van der Waals surface area contributed by atoms with Crippen molar-refractivity contribution in [3.05, 3.63) is 0 Å². The average Bonchev–Trinajstić information content (AvgIpc) is 2.01. The highest BCUT2D eigenvalue weighted by Crippen LogP contribution is 2.18. The molecule has 1 unspecified atom stereocenters. The Balaban J connectivity index is 4.72. The van der Waals surface area contributed by atoms with Crippen LogP contribution in [0.3, 0.4) is 0 Å². The van der Waals surface area contributed by atoms with Gasteiger partial charge in [-0.2, -0.15) is 8.78 Å². The van der Waals surface area contributed by atoms with Crippen LogP contribution < -0.4 is 10.5 Å². The molecule has 0 fully saturated rings. The quantitative estimate of drug-likeness (QED) is 0.729. The third-order valence-corrected chi connectivity index (χ3v) is 3.18. The number of sulfonamides is 1. The van der Waals surface area contributed by atoms with Gasteiger partial charge in [0.1, 0.15) is 0 Å². The van der Waals surface area contributed by atoms with Gasteiger partial charge < -0.3 is 5.73 Å². The van der Waals surface area contributed by atoms with Gasteiger partial charge in [-0.15, -0.1) is 0 Å². The zero-order chi connectivity index (χ0) is 12.3. The van der Waals surface area contributed by atoms with Gasteiger partial charge in [-0.1, -0.05) is 13.8 Å². The van der Waals surface area contributed by atoms with Gasteiger partial charge in [0.15, 0.2) is 0 Å². The molecular formula is C8H18F2N2O2S. The van der Waals surface area contributed by atoms with Crippen LogP contribution in [0.5, 0.6) is 0 Å². The Labute approximate surface area is 89.3 Å². The molecule has 0 aromatic rings. The topological polar surface area (TPSA) is 72.2 Å². The highest BCUT2D eigenvalue weighted by molar-refractivity contribution is 7.89. The first-order chi connectivity index (χ1) is 6.63. The molecule has 0 aliphatic rings. The SMILES string of the molecule is CC(C)CC(C)(CN)NS(=O)(=O)C(F)F. The fraction of sp³-hybridized carbons (Fsp3) is 1.00. The van der Waals surface area contributed by atoms with Crippen molar-refractivity contribution in [1.29, 1.82) is 0 Å². The van der Waals surface area contributed by atoms with Crippen LogP contribution in [0.25, 0.3) is 0 Å². The number of hydrogen-bond acceptors (Lipinski definition) is 3. The lowest BCUT2D eigenvalue weighted by molar-refractivity contribution is 0.226. The van der Waals surface area contributed by atoms with Crippen molar-refractivity contribution >= 4 is 10.0 Å². The second-order valence-corrected chi connectivity index (χ2v) is 5.92. The highest BCUT2D eigenvalue weighted by Gasteiger charge is 2.34. The molecule has 4 nitrogen and oxygen atoms in total. The van der Waals surface area contributed by atoms with Gasteiger partial charge in [-0.05, 0) is 19.3 Å². The van der Waals surface area contributed by atoms with Crippen molar-refractivity contribution in [2.24, 2.45) is 11.7 Å². The Hall–Kier alpha value is -0.270. The molecule has 0 aliphatic carbocycles. The van der Waals surface area contributed by atoms with Gasteiger partial charge in [0.2, 0.25) is 0 Å². The summed E-state index contributed by atoms with van der Waals surface area (Å²) >= 11 is 0. The van der Waals surface area contributed by atoms with Crippen molar-refractivity contribution in [2.45, 2.75) is 38.5 Å². The first-order valence-electron chi connectivity index (χ1n) is 4.64. The lowest BCUT2D eigenvalue weighted by Gasteiger charge is -2.30. The van der Waals surface area contributed by atoms with Crippen LogP contribution in [-0.4, -0.2) is 26.3 Å². The Kier molecular flexibility index (Phi) is 5.08. The minimum Gasteiger partial charge on any atom is -0.329 e. The molecule has 15 heavy (non-hydrogen) atoms. The molecule has 0 heterocycles. The van der Waals surface area contributed by atoms with Gasteiger partial charge in [0.25, 0.3) is 10.0 Å². The van der Waals surface area contributed by atoms with Crippen molar-refractivity contribution < 1.29 is 17.2 Å². The normalized spacial score (nSPS) is 17.1. The lowest BCUT2D eigenvalue weighted by atomic mass is 9.92. The molecule has 0 saturated heterocycles. The molecule has 0 radical (unpaired) electrons. The summed E-state index contributed by atoms with van der Waals surface area (Å²) in [5, 5.41) is 0. The molecule has 7 heteroatoms. The molecule has 0 amide bonds. The van der Waals surface area contributed by atoms with Crippen LogP contribution >= 0.6 is 0 Å². The van der Waals surface area contributed by atoms with Crippen LogP contribution in [0.2, 0.25) is 0 Å². The number of alkyl halides is 2. The summed E-state index contributed by atoms with van der Waals surface area (Å²) in [7, 11) is -4.58. The molecule has 92 valence electrons. The zero-order valence-electron chi connectivity index (χ0n) is 9.13. The molecule has 1 atom stereocenters. The van der Waals surface area contributed by atoms with E-state index in [9.17, 15) is 17.2 Å². The van der Waals surface area contributed by atoms with E-state index < -0.39 is 21.3 Å². The van der Waals surface area contributed by atoms with E-state index in [2.05, 4.69) is 0 Å². The molecule has 0 spiro atoms. The molecule has 0 aliphatic heterocycles. The third-order valence-electron chi connectivity index (χ3n) is 1.93. The van der Waals surface area contributed by atoms with E-state index >= 15 is 0 Å². The predicted octanol–water partition coefficient (Wildman–Crippen LogP) is 0.892. The number of halogens is 2.